The number of carbonyl (C=O) groups excluding carboxylic acids is 1. The van der Waals surface area contributed by atoms with Gasteiger partial charge in [0.05, 0.1) is 24.5 Å². The van der Waals surface area contributed by atoms with E-state index in [1.165, 1.54) is 19.2 Å². The molecule has 1 amide bonds. The number of carbonyl (C=O) groups is 1. The van der Waals surface area contributed by atoms with Crippen LogP contribution in [-0.4, -0.2) is 18.0 Å². The van der Waals surface area contributed by atoms with E-state index in [0.29, 0.717) is 5.69 Å². The molecule has 0 saturated carbocycles. The Labute approximate surface area is 126 Å². The number of para-hydroxylation sites is 1. The fraction of sp³-hybridized carbons (Fsp3) is 0.0588. The van der Waals surface area contributed by atoms with Crippen LogP contribution in [0.1, 0.15) is 10.4 Å². The van der Waals surface area contributed by atoms with Crippen molar-refractivity contribution in [2.75, 3.05) is 12.4 Å². The van der Waals surface area contributed by atoms with Gasteiger partial charge in [0.1, 0.15) is 0 Å². The van der Waals surface area contributed by atoms with E-state index in [0.717, 1.165) is 17.0 Å². The first kappa shape index (κ1) is 14.0. The number of rotatable bonds is 3. The average Bonchev–Trinajstić information content (AvgIpc) is 2.54. The summed E-state index contributed by atoms with van der Waals surface area (Å²) < 4.78 is 18.5. The molecular formula is C17H13FN2O2. The molecule has 0 bridgehead atoms. The monoisotopic (exact) mass is 296 g/mol. The molecule has 3 rings (SSSR count). The van der Waals surface area contributed by atoms with E-state index in [4.69, 9.17) is 4.74 Å². The molecular weight excluding hydrogens is 283 g/mol. The highest BCUT2D eigenvalue weighted by Gasteiger charge is 2.10. The van der Waals surface area contributed by atoms with Gasteiger partial charge >= 0.3 is 0 Å². The van der Waals surface area contributed by atoms with Crippen molar-refractivity contribution in [3.8, 4) is 5.75 Å². The maximum absolute atomic E-state index is 13.6. The number of fused-ring (bicyclic) bond motifs is 1. The lowest BCUT2D eigenvalue weighted by Crippen LogP contribution is -2.12. The highest BCUT2D eigenvalue weighted by Crippen LogP contribution is 2.20. The van der Waals surface area contributed by atoms with Crippen LogP contribution in [0.5, 0.6) is 5.75 Å². The number of methoxy groups -OCH3 is 1. The molecule has 110 valence electrons. The summed E-state index contributed by atoms with van der Waals surface area (Å²) in [7, 11) is 1.37. The Morgan fingerprint density at radius 3 is 2.77 bits per heavy atom. The van der Waals surface area contributed by atoms with Crippen LogP contribution < -0.4 is 10.1 Å². The van der Waals surface area contributed by atoms with Gasteiger partial charge in [-0.15, -0.1) is 0 Å². The van der Waals surface area contributed by atoms with Crippen LogP contribution in [0.3, 0.4) is 0 Å². The lowest BCUT2D eigenvalue weighted by atomic mass is 10.2. The van der Waals surface area contributed by atoms with Crippen LogP contribution in [0.2, 0.25) is 0 Å². The van der Waals surface area contributed by atoms with Crippen LogP contribution in [0, 0.1) is 5.82 Å². The zero-order chi connectivity index (χ0) is 15.5. The zero-order valence-electron chi connectivity index (χ0n) is 11.8. The molecule has 1 heterocycles. The van der Waals surface area contributed by atoms with E-state index < -0.39 is 11.7 Å². The molecule has 0 saturated heterocycles. The largest absolute Gasteiger partial charge is 0.494 e. The van der Waals surface area contributed by atoms with Crippen molar-refractivity contribution in [3.63, 3.8) is 0 Å². The van der Waals surface area contributed by atoms with Gasteiger partial charge in [0.25, 0.3) is 5.91 Å². The lowest BCUT2D eigenvalue weighted by Gasteiger charge is -2.07. The van der Waals surface area contributed by atoms with Gasteiger partial charge in [-0.2, -0.15) is 0 Å². The number of pyridine rings is 1. The molecule has 0 fully saturated rings. The molecule has 0 radical (unpaired) electrons. The Morgan fingerprint density at radius 2 is 2.00 bits per heavy atom. The smallest absolute Gasteiger partial charge is 0.255 e. The number of ether oxygens (including phenoxy) is 1. The molecule has 0 atom stereocenters. The van der Waals surface area contributed by atoms with E-state index >= 15 is 0 Å². The topological polar surface area (TPSA) is 51.2 Å². The lowest BCUT2D eigenvalue weighted by molar-refractivity contribution is 0.102. The first-order chi connectivity index (χ1) is 10.7. The molecule has 0 aliphatic carbocycles. The minimum atomic E-state index is -0.577. The molecule has 0 aliphatic heterocycles. The van der Waals surface area contributed by atoms with Gasteiger partial charge in [-0.05, 0) is 30.3 Å². The van der Waals surface area contributed by atoms with Crippen LogP contribution in [0.25, 0.3) is 10.9 Å². The summed E-state index contributed by atoms with van der Waals surface area (Å²) in [5.74, 6) is -0.880. The maximum Gasteiger partial charge on any atom is 0.255 e. The standard InChI is InChI=1S/C17H13FN2O2/c1-22-16-7-6-12(9-14(16)18)17(21)20-13-8-11-4-2-3-5-15(11)19-10-13/h2-10H,1H3,(H,20,21). The van der Waals surface area contributed by atoms with Gasteiger partial charge < -0.3 is 10.1 Å². The Bertz CT molecular complexity index is 849. The Hall–Kier alpha value is -2.95. The van der Waals surface area contributed by atoms with Gasteiger partial charge in [-0.3, -0.25) is 9.78 Å². The summed E-state index contributed by atoms with van der Waals surface area (Å²) in [5, 5.41) is 3.62. The van der Waals surface area contributed by atoms with Gasteiger partial charge in [0, 0.05) is 10.9 Å². The molecule has 1 N–H and O–H groups in total. The van der Waals surface area contributed by atoms with Crippen LogP contribution in [-0.2, 0) is 0 Å². The van der Waals surface area contributed by atoms with Crippen molar-refractivity contribution in [2.24, 2.45) is 0 Å². The predicted octanol–water partition coefficient (Wildman–Crippen LogP) is 3.63. The second-order valence-electron chi connectivity index (χ2n) is 4.72. The summed E-state index contributed by atoms with van der Waals surface area (Å²) in [6, 6.07) is 13.5. The third kappa shape index (κ3) is 2.74. The number of benzene rings is 2. The van der Waals surface area contributed by atoms with Crippen LogP contribution >= 0.6 is 0 Å². The summed E-state index contributed by atoms with van der Waals surface area (Å²) >= 11 is 0. The number of halogens is 1. The highest BCUT2D eigenvalue weighted by atomic mass is 19.1. The fourth-order valence-electron chi connectivity index (χ4n) is 2.15. The first-order valence-corrected chi connectivity index (χ1v) is 6.67. The minimum absolute atomic E-state index is 0.101. The summed E-state index contributed by atoms with van der Waals surface area (Å²) in [4.78, 5) is 16.4. The molecule has 5 heteroatoms. The van der Waals surface area contributed by atoms with E-state index in [1.807, 2.05) is 30.3 Å². The predicted molar refractivity (Wildman–Crippen MR) is 82.6 cm³/mol. The molecule has 0 aliphatic rings. The molecule has 1 aromatic heterocycles. The number of hydrogen-bond acceptors (Lipinski definition) is 3. The van der Waals surface area contributed by atoms with Gasteiger partial charge in [-0.1, -0.05) is 18.2 Å². The number of amides is 1. The van der Waals surface area contributed by atoms with Crippen LogP contribution in [0.4, 0.5) is 10.1 Å². The number of aromatic nitrogens is 1. The maximum atomic E-state index is 13.6. The van der Waals surface area contributed by atoms with E-state index in [-0.39, 0.29) is 11.3 Å². The second-order valence-corrected chi connectivity index (χ2v) is 4.72. The summed E-state index contributed by atoms with van der Waals surface area (Å²) in [6.45, 7) is 0. The molecule has 0 unspecified atom stereocenters. The number of nitrogens with one attached hydrogen (secondary N) is 1. The van der Waals surface area contributed by atoms with E-state index in [2.05, 4.69) is 10.3 Å². The number of nitrogens with zero attached hydrogens (tertiary/aromatic N) is 1. The van der Waals surface area contributed by atoms with E-state index in [1.54, 1.807) is 6.20 Å². The Morgan fingerprint density at radius 1 is 1.18 bits per heavy atom. The summed E-state index contributed by atoms with van der Waals surface area (Å²) in [6.07, 6.45) is 1.57. The van der Waals surface area contributed by atoms with Crippen molar-refractivity contribution in [1.82, 2.24) is 4.98 Å². The van der Waals surface area contributed by atoms with Gasteiger partial charge in [-0.25, -0.2) is 4.39 Å². The highest BCUT2D eigenvalue weighted by molar-refractivity contribution is 6.05. The van der Waals surface area contributed by atoms with Gasteiger partial charge in [0.2, 0.25) is 0 Å². The first-order valence-electron chi connectivity index (χ1n) is 6.67. The molecule has 22 heavy (non-hydrogen) atoms. The van der Waals surface area contributed by atoms with Crippen molar-refractivity contribution in [2.45, 2.75) is 0 Å². The SMILES string of the molecule is COc1ccc(C(=O)Nc2cnc3ccccc3c2)cc1F. The van der Waals surface area contributed by atoms with Crippen molar-refractivity contribution in [3.05, 3.63) is 66.1 Å². The molecule has 4 nitrogen and oxygen atoms in total. The summed E-state index contributed by atoms with van der Waals surface area (Å²) in [5.41, 5.74) is 1.61. The third-order valence-corrected chi connectivity index (χ3v) is 3.26. The quantitative estimate of drug-likeness (QED) is 0.803. The molecule has 2 aromatic carbocycles. The Balaban J connectivity index is 1.84. The number of hydrogen-bond donors (Lipinski definition) is 1. The van der Waals surface area contributed by atoms with Crippen molar-refractivity contribution in [1.29, 1.82) is 0 Å². The molecule has 0 spiro atoms. The second kappa shape index (κ2) is 5.81. The average molecular weight is 296 g/mol. The minimum Gasteiger partial charge on any atom is -0.494 e. The van der Waals surface area contributed by atoms with Gasteiger partial charge in [0.15, 0.2) is 11.6 Å². The number of anilines is 1. The fourth-order valence-corrected chi connectivity index (χ4v) is 2.15. The molecule has 3 aromatic rings. The Kier molecular flexibility index (Phi) is 3.70. The zero-order valence-corrected chi connectivity index (χ0v) is 11.8. The third-order valence-electron chi connectivity index (χ3n) is 3.26. The van der Waals surface area contributed by atoms with Crippen molar-refractivity contribution < 1.29 is 13.9 Å². The normalized spacial score (nSPS) is 10.5. The van der Waals surface area contributed by atoms with Crippen LogP contribution in [0.15, 0.2) is 54.7 Å². The van der Waals surface area contributed by atoms with Crippen molar-refractivity contribution >= 4 is 22.5 Å². The van der Waals surface area contributed by atoms with E-state index in [9.17, 15) is 9.18 Å².